The van der Waals surface area contributed by atoms with Crippen LogP contribution in [-0.2, 0) is 6.42 Å². The Hall–Kier alpha value is -0.900. The summed E-state index contributed by atoms with van der Waals surface area (Å²) in [6.07, 6.45) is 2.17. The molecule has 0 unspecified atom stereocenters. The lowest BCUT2D eigenvalue weighted by Gasteiger charge is -1.97. The Kier molecular flexibility index (Phi) is 2.59. The lowest BCUT2D eigenvalue weighted by molar-refractivity contribution is 1.17. The second-order valence-electron chi connectivity index (χ2n) is 2.19. The Bertz CT molecular complexity index is 255. The standard InChI is InChI=1S/C7H8BrN3/c8-6-2-1-5(4-11-6)3-7(9)10/h1-2,4H,3H2,(H3,9,10). The minimum atomic E-state index is 0.161. The largest absolute Gasteiger partial charge is 0.387 e. The SMILES string of the molecule is N=C(N)Cc1ccc(Br)nc1. The van der Waals surface area contributed by atoms with Crippen LogP contribution in [0.1, 0.15) is 5.56 Å². The van der Waals surface area contributed by atoms with Crippen molar-refractivity contribution in [2.24, 2.45) is 5.73 Å². The van der Waals surface area contributed by atoms with Crippen molar-refractivity contribution in [2.75, 3.05) is 0 Å². The van der Waals surface area contributed by atoms with E-state index in [1.165, 1.54) is 0 Å². The van der Waals surface area contributed by atoms with Crippen molar-refractivity contribution in [1.29, 1.82) is 5.41 Å². The van der Waals surface area contributed by atoms with E-state index in [0.29, 0.717) is 6.42 Å². The van der Waals surface area contributed by atoms with Crippen LogP contribution in [-0.4, -0.2) is 10.8 Å². The number of rotatable bonds is 2. The van der Waals surface area contributed by atoms with E-state index in [1.54, 1.807) is 6.20 Å². The van der Waals surface area contributed by atoms with Gasteiger partial charge in [-0.15, -0.1) is 0 Å². The molecule has 0 saturated carbocycles. The summed E-state index contributed by atoms with van der Waals surface area (Å²) < 4.78 is 0.796. The molecule has 1 aromatic heterocycles. The first-order chi connectivity index (χ1) is 5.18. The zero-order valence-corrected chi connectivity index (χ0v) is 7.43. The number of nitrogens with zero attached hydrogens (tertiary/aromatic N) is 1. The summed E-state index contributed by atoms with van der Waals surface area (Å²) in [4.78, 5) is 4.00. The highest BCUT2D eigenvalue weighted by atomic mass is 79.9. The summed E-state index contributed by atoms with van der Waals surface area (Å²) in [6.45, 7) is 0. The molecule has 0 fully saturated rings. The van der Waals surface area contributed by atoms with Crippen molar-refractivity contribution in [3.63, 3.8) is 0 Å². The van der Waals surface area contributed by atoms with Crippen LogP contribution in [0, 0.1) is 5.41 Å². The summed E-state index contributed by atoms with van der Waals surface area (Å²) in [5, 5.41) is 7.02. The van der Waals surface area contributed by atoms with Crippen molar-refractivity contribution in [2.45, 2.75) is 6.42 Å². The maximum atomic E-state index is 7.02. The molecule has 0 atom stereocenters. The van der Waals surface area contributed by atoms with E-state index in [0.717, 1.165) is 10.2 Å². The molecule has 0 radical (unpaired) electrons. The zero-order chi connectivity index (χ0) is 8.27. The smallest absolute Gasteiger partial charge is 0.106 e. The van der Waals surface area contributed by atoms with Gasteiger partial charge in [0.05, 0.1) is 5.84 Å². The molecular weight excluding hydrogens is 206 g/mol. The first-order valence-electron chi connectivity index (χ1n) is 3.12. The third kappa shape index (κ3) is 2.67. The zero-order valence-electron chi connectivity index (χ0n) is 5.84. The van der Waals surface area contributed by atoms with E-state index < -0.39 is 0 Å². The normalized spacial score (nSPS) is 9.55. The van der Waals surface area contributed by atoms with Crippen LogP contribution in [0.4, 0.5) is 0 Å². The lowest BCUT2D eigenvalue weighted by atomic mass is 10.2. The fourth-order valence-electron chi connectivity index (χ4n) is 0.731. The number of pyridine rings is 1. The third-order valence-corrected chi connectivity index (χ3v) is 1.65. The van der Waals surface area contributed by atoms with Crippen LogP contribution < -0.4 is 5.73 Å². The Balaban J connectivity index is 2.74. The molecule has 0 bridgehead atoms. The van der Waals surface area contributed by atoms with E-state index in [9.17, 15) is 0 Å². The van der Waals surface area contributed by atoms with Gasteiger partial charge in [0.25, 0.3) is 0 Å². The van der Waals surface area contributed by atoms with E-state index >= 15 is 0 Å². The fraction of sp³-hybridized carbons (Fsp3) is 0.143. The summed E-state index contributed by atoms with van der Waals surface area (Å²) in [5.41, 5.74) is 6.17. The van der Waals surface area contributed by atoms with E-state index in [2.05, 4.69) is 20.9 Å². The number of aromatic nitrogens is 1. The van der Waals surface area contributed by atoms with Gasteiger partial charge in [0.2, 0.25) is 0 Å². The van der Waals surface area contributed by atoms with Gasteiger partial charge in [0, 0.05) is 12.6 Å². The molecule has 1 rings (SSSR count). The van der Waals surface area contributed by atoms with Crippen molar-refractivity contribution in [1.82, 2.24) is 4.98 Å². The van der Waals surface area contributed by atoms with E-state index in [4.69, 9.17) is 11.1 Å². The molecule has 3 N–H and O–H groups in total. The van der Waals surface area contributed by atoms with Crippen molar-refractivity contribution < 1.29 is 0 Å². The minimum absolute atomic E-state index is 0.161. The number of hydrogen-bond acceptors (Lipinski definition) is 2. The van der Waals surface area contributed by atoms with Gasteiger partial charge >= 0.3 is 0 Å². The Morgan fingerprint density at radius 3 is 2.82 bits per heavy atom. The molecule has 0 aliphatic rings. The van der Waals surface area contributed by atoms with Gasteiger partial charge in [-0.05, 0) is 27.6 Å². The Morgan fingerprint density at radius 2 is 2.36 bits per heavy atom. The fourth-order valence-corrected chi connectivity index (χ4v) is 0.965. The molecule has 0 amide bonds. The lowest BCUT2D eigenvalue weighted by Crippen LogP contribution is -2.12. The van der Waals surface area contributed by atoms with Crippen molar-refractivity contribution in [3.05, 3.63) is 28.5 Å². The quantitative estimate of drug-likeness (QED) is 0.443. The predicted octanol–water partition coefficient (Wildman–Crippen LogP) is 1.32. The molecule has 11 heavy (non-hydrogen) atoms. The molecule has 3 nitrogen and oxygen atoms in total. The average Bonchev–Trinajstić information content (AvgIpc) is 1.93. The molecule has 0 spiro atoms. The molecule has 1 aromatic rings. The topological polar surface area (TPSA) is 62.8 Å². The third-order valence-electron chi connectivity index (χ3n) is 1.18. The van der Waals surface area contributed by atoms with Gasteiger partial charge in [0.15, 0.2) is 0 Å². The van der Waals surface area contributed by atoms with Crippen LogP contribution in [0.2, 0.25) is 0 Å². The second kappa shape index (κ2) is 3.48. The van der Waals surface area contributed by atoms with Gasteiger partial charge in [-0.25, -0.2) is 4.98 Å². The monoisotopic (exact) mass is 213 g/mol. The highest BCUT2D eigenvalue weighted by molar-refractivity contribution is 9.10. The number of nitrogens with two attached hydrogens (primary N) is 1. The van der Waals surface area contributed by atoms with Crippen LogP contribution in [0.15, 0.2) is 22.9 Å². The van der Waals surface area contributed by atoms with Crippen molar-refractivity contribution in [3.8, 4) is 0 Å². The minimum Gasteiger partial charge on any atom is -0.387 e. The van der Waals surface area contributed by atoms with Crippen molar-refractivity contribution >= 4 is 21.8 Å². The summed E-state index contributed by atoms with van der Waals surface area (Å²) in [7, 11) is 0. The predicted molar refractivity (Wildman–Crippen MR) is 47.6 cm³/mol. The van der Waals surface area contributed by atoms with Gasteiger partial charge in [-0.2, -0.15) is 0 Å². The highest BCUT2D eigenvalue weighted by Crippen LogP contribution is 2.06. The van der Waals surface area contributed by atoms with Gasteiger partial charge < -0.3 is 5.73 Å². The van der Waals surface area contributed by atoms with Gasteiger partial charge in [0.1, 0.15) is 4.60 Å². The molecule has 0 aliphatic carbocycles. The summed E-state index contributed by atoms with van der Waals surface area (Å²) >= 11 is 3.22. The molecule has 4 heteroatoms. The second-order valence-corrected chi connectivity index (χ2v) is 3.00. The number of amidine groups is 1. The van der Waals surface area contributed by atoms with E-state index in [1.807, 2.05) is 12.1 Å². The average molecular weight is 214 g/mol. The molecular formula is C7H8BrN3. The van der Waals surface area contributed by atoms with Crippen LogP contribution in [0.5, 0.6) is 0 Å². The number of nitrogens with one attached hydrogen (secondary N) is 1. The maximum absolute atomic E-state index is 7.02. The molecule has 0 aromatic carbocycles. The number of hydrogen-bond donors (Lipinski definition) is 2. The first-order valence-corrected chi connectivity index (χ1v) is 3.91. The van der Waals surface area contributed by atoms with Gasteiger partial charge in [-0.1, -0.05) is 6.07 Å². The van der Waals surface area contributed by atoms with Crippen LogP contribution in [0.3, 0.4) is 0 Å². The number of halogens is 1. The molecule has 0 aliphatic heterocycles. The molecule has 0 saturated heterocycles. The first kappa shape index (κ1) is 8.20. The van der Waals surface area contributed by atoms with Crippen LogP contribution >= 0.6 is 15.9 Å². The van der Waals surface area contributed by atoms with Crippen LogP contribution in [0.25, 0.3) is 0 Å². The molecule has 58 valence electrons. The Labute approximate surface area is 73.3 Å². The molecule has 1 heterocycles. The highest BCUT2D eigenvalue weighted by Gasteiger charge is 1.94. The summed E-state index contributed by atoms with van der Waals surface area (Å²) in [5.74, 6) is 0.161. The maximum Gasteiger partial charge on any atom is 0.106 e. The summed E-state index contributed by atoms with van der Waals surface area (Å²) in [6, 6.07) is 3.72. The Morgan fingerprint density at radius 1 is 1.64 bits per heavy atom. The van der Waals surface area contributed by atoms with E-state index in [-0.39, 0.29) is 5.84 Å². The van der Waals surface area contributed by atoms with Gasteiger partial charge in [-0.3, -0.25) is 5.41 Å².